The van der Waals surface area contributed by atoms with E-state index in [1.807, 2.05) is 23.6 Å². The van der Waals surface area contributed by atoms with Crippen LogP contribution in [0.4, 0.5) is 4.39 Å². The second-order valence-corrected chi connectivity index (χ2v) is 7.09. The number of hydrogen-bond acceptors (Lipinski definition) is 3. The molecule has 6 heteroatoms. The Labute approximate surface area is 154 Å². The van der Waals surface area contributed by atoms with Gasteiger partial charge in [-0.05, 0) is 36.1 Å². The molecule has 0 saturated heterocycles. The van der Waals surface area contributed by atoms with Crippen molar-refractivity contribution in [1.29, 1.82) is 0 Å². The zero-order valence-corrected chi connectivity index (χ0v) is 15.0. The van der Waals surface area contributed by atoms with Crippen LogP contribution in [0.15, 0.2) is 58.7 Å². The molecular weight excluding hydrogens is 361 g/mol. The Kier molecular flexibility index (Phi) is 5.89. The SMILES string of the molecule is O=C(Cc1c(F)cccc1Cl)N(CCc1cccs1)Cc1ccoc1. The van der Waals surface area contributed by atoms with Gasteiger partial charge in [0.25, 0.3) is 0 Å². The maximum absolute atomic E-state index is 14.0. The summed E-state index contributed by atoms with van der Waals surface area (Å²) in [5.74, 6) is -0.618. The average molecular weight is 378 g/mol. The van der Waals surface area contributed by atoms with Crippen LogP contribution in [0.2, 0.25) is 5.02 Å². The van der Waals surface area contributed by atoms with Crippen molar-refractivity contribution in [3.63, 3.8) is 0 Å². The molecule has 3 rings (SSSR count). The molecule has 0 bridgehead atoms. The Morgan fingerprint density at radius 1 is 1.24 bits per heavy atom. The van der Waals surface area contributed by atoms with Gasteiger partial charge >= 0.3 is 0 Å². The van der Waals surface area contributed by atoms with Gasteiger partial charge in [-0.2, -0.15) is 0 Å². The van der Waals surface area contributed by atoms with Crippen molar-refractivity contribution in [2.24, 2.45) is 0 Å². The smallest absolute Gasteiger partial charge is 0.227 e. The van der Waals surface area contributed by atoms with E-state index in [9.17, 15) is 9.18 Å². The van der Waals surface area contributed by atoms with Gasteiger partial charge in [-0.25, -0.2) is 4.39 Å². The van der Waals surface area contributed by atoms with E-state index in [0.29, 0.717) is 13.1 Å². The first-order valence-corrected chi connectivity index (χ1v) is 9.13. The predicted octanol–water partition coefficient (Wildman–Crippen LogP) is 4.95. The van der Waals surface area contributed by atoms with Crippen molar-refractivity contribution in [3.8, 4) is 0 Å². The zero-order valence-electron chi connectivity index (χ0n) is 13.5. The van der Waals surface area contributed by atoms with Crippen LogP contribution in [-0.4, -0.2) is 17.4 Å². The summed E-state index contributed by atoms with van der Waals surface area (Å²) in [6.45, 7) is 0.976. The van der Waals surface area contributed by atoms with Gasteiger partial charge in [0.05, 0.1) is 18.9 Å². The zero-order chi connectivity index (χ0) is 17.6. The monoisotopic (exact) mass is 377 g/mol. The van der Waals surface area contributed by atoms with Crippen molar-refractivity contribution in [3.05, 3.63) is 81.1 Å². The Bertz CT molecular complexity index is 798. The van der Waals surface area contributed by atoms with Crippen molar-refractivity contribution < 1.29 is 13.6 Å². The first kappa shape index (κ1) is 17.7. The van der Waals surface area contributed by atoms with E-state index in [2.05, 4.69) is 0 Å². The third kappa shape index (κ3) is 4.71. The van der Waals surface area contributed by atoms with Crippen LogP contribution in [-0.2, 0) is 24.2 Å². The van der Waals surface area contributed by atoms with E-state index >= 15 is 0 Å². The summed E-state index contributed by atoms with van der Waals surface area (Å²) in [6, 6.07) is 10.3. The molecule has 0 aliphatic carbocycles. The molecule has 0 unspecified atom stereocenters. The lowest BCUT2D eigenvalue weighted by atomic mass is 10.1. The highest BCUT2D eigenvalue weighted by Gasteiger charge is 2.19. The molecule has 130 valence electrons. The highest BCUT2D eigenvalue weighted by atomic mass is 35.5. The highest BCUT2D eigenvalue weighted by Crippen LogP contribution is 2.21. The maximum Gasteiger partial charge on any atom is 0.227 e. The number of furan rings is 1. The number of carbonyl (C=O) groups excluding carboxylic acids is 1. The van der Waals surface area contributed by atoms with E-state index in [-0.39, 0.29) is 22.9 Å². The summed E-state index contributed by atoms with van der Waals surface area (Å²) >= 11 is 7.71. The van der Waals surface area contributed by atoms with Gasteiger partial charge < -0.3 is 9.32 Å². The summed E-state index contributed by atoms with van der Waals surface area (Å²) in [6.07, 6.45) is 3.88. The first-order valence-electron chi connectivity index (χ1n) is 7.87. The first-order chi connectivity index (χ1) is 12.1. The molecule has 0 saturated carbocycles. The fourth-order valence-electron chi connectivity index (χ4n) is 2.56. The molecular formula is C19H17ClFNO2S. The number of benzene rings is 1. The van der Waals surface area contributed by atoms with Gasteiger partial charge in [0.2, 0.25) is 5.91 Å². The predicted molar refractivity (Wildman–Crippen MR) is 97.3 cm³/mol. The lowest BCUT2D eigenvalue weighted by Crippen LogP contribution is -2.33. The Balaban J connectivity index is 1.73. The molecule has 3 nitrogen and oxygen atoms in total. The number of carbonyl (C=O) groups is 1. The number of halogens is 2. The Hall–Kier alpha value is -2.11. The number of thiophene rings is 1. The molecule has 25 heavy (non-hydrogen) atoms. The minimum atomic E-state index is -0.456. The van der Waals surface area contributed by atoms with E-state index in [1.165, 1.54) is 17.0 Å². The standard InChI is InChI=1S/C19H17ClFNO2S/c20-17-4-1-5-18(21)16(17)11-19(23)22(12-14-7-9-24-13-14)8-6-15-3-2-10-25-15/h1-5,7,9-10,13H,6,8,11-12H2. The molecule has 3 aromatic rings. The Morgan fingerprint density at radius 3 is 2.80 bits per heavy atom. The van der Waals surface area contributed by atoms with Crippen molar-refractivity contribution >= 4 is 28.8 Å². The molecule has 1 aromatic carbocycles. The van der Waals surface area contributed by atoms with Crippen molar-refractivity contribution in [2.75, 3.05) is 6.54 Å². The fraction of sp³-hybridized carbons (Fsp3) is 0.211. The van der Waals surface area contributed by atoms with Gasteiger partial charge in [-0.15, -0.1) is 11.3 Å². The summed E-state index contributed by atoms with van der Waals surface area (Å²) in [5.41, 5.74) is 1.14. The topological polar surface area (TPSA) is 33.5 Å². The number of nitrogens with zero attached hydrogens (tertiary/aromatic N) is 1. The third-order valence-corrected chi connectivity index (χ3v) is 5.19. The van der Waals surface area contributed by atoms with Gasteiger partial charge in [-0.3, -0.25) is 4.79 Å². The maximum atomic E-state index is 14.0. The quantitative estimate of drug-likeness (QED) is 0.583. The van der Waals surface area contributed by atoms with Crippen molar-refractivity contribution in [2.45, 2.75) is 19.4 Å². The molecule has 0 aliphatic heterocycles. The van der Waals surface area contributed by atoms with E-state index in [4.69, 9.17) is 16.0 Å². The van der Waals surface area contributed by atoms with Crippen LogP contribution in [0.25, 0.3) is 0 Å². The van der Waals surface area contributed by atoms with Crippen LogP contribution < -0.4 is 0 Å². The highest BCUT2D eigenvalue weighted by molar-refractivity contribution is 7.09. The van der Waals surface area contributed by atoms with Crippen LogP contribution in [0.3, 0.4) is 0 Å². The van der Waals surface area contributed by atoms with Crippen LogP contribution >= 0.6 is 22.9 Å². The average Bonchev–Trinajstić information content (AvgIpc) is 3.28. The Morgan fingerprint density at radius 2 is 2.12 bits per heavy atom. The molecule has 0 aliphatic rings. The molecule has 2 aromatic heterocycles. The van der Waals surface area contributed by atoms with Crippen LogP contribution in [0.5, 0.6) is 0 Å². The fourth-order valence-corrected chi connectivity index (χ4v) is 3.49. The molecule has 0 radical (unpaired) electrons. The number of amides is 1. The van der Waals surface area contributed by atoms with Crippen LogP contribution in [0.1, 0.15) is 16.0 Å². The number of hydrogen-bond donors (Lipinski definition) is 0. The largest absolute Gasteiger partial charge is 0.472 e. The van der Waals surface area contributed by atoms with Gasteiger partial charge in [0, 0.05) is 34.1 Å². The minimum absolute atomic E-state index is 0.0617. The van der Waals surface area contributed by atoms with Gasteiger partial charge in [0.1, 0.15) is 5.82 Å². The van der Waals surface area contributed by atoms with Crippen molar-refractivity contribution in [1.82, 2.24) is 4.90 Å². The summed E-state index contributed by atoms with van der Waals surface area (Å²) < 4.78 is 19.1. The second kappa shape index (κ2) is 8.32. The van der Waals surface area contributed by atoms with Gasteiger partial charge in [-0.1, -0.05) is 23.7 Å². The molecule has 2 heterocycles. The molecule has 0 spiro atoms. The molecule has 1 amide bonds. The lowest BCUT2D eigenvalue weighted by Gasteiger charge is -2.22. The molecule has 0 N–H and O–H groups in total. The summed E-state index contributed by atoms with van der Waals surface area (Å²) in [5, 5.41) is 2.28. The lowest BCUT2D eigenvalue weighted by molar-refractivity contribution is -0.131. The summed E-state index contributed by atoms with van der Waals surface area (Å²) in [7, 11) is 0. The second-order valence-electron chi connectivity index (χ2n) is 5.65. The van der Waals surface area contributed by atoms with Crippen LogP contribution in [0, 0.1) is 5.82 Å². The van der Waals surface area contributed by atoms with E-state index < -0.39 is 5.82 Å². The number of rotatable bonds is 7. The molecule has 0 fully saturated rings. The molecule has 0 atom stereocenters. The van der Waals surface area contributed by atoms with E-state index in [0.717, 1.165) is 12.0 Å². The minimum Gasteiger partial charge on any atom is -0.472 e. The summed E-state index contributed by atoms with van der Waals surface area (Å²) in [4.78, 5) is 15.7. The normalized spacial score (nSPS) is 10.8. The third-order valence-electron chi connectivity index (χ3n) is 3.90. The van der Waals surface area contributed by atoms with Gasteiger partial charge in [0.15, 0.2) is 0 Å². The van der Waals surface area contributed by atoms with E-state index in [1.54, 1.807) is 34.8 Å².